The zero-order chi connectivity index (χ0) is 19.2. The quantitative estimate of drug-likeness (QED) is 0.697. The highest BCUT2D eigenvalue weighted by Crippen LogP contribution is 2.28. The van der Waals surface area contributed by atoms with Gasteiger partial charge in [-0.05, 0) is 30.7 Å². The van der Waals surface area contributed by atoms with Crippen LogP contribution in [0.1, 0.15) is 34.7 Å². The van der Waals surface area contributed by atoms with Crippen molar-refractivity contribution in [2.45, 2.75) is 13.0 Å². The largest absolute Gasteiger partial charge is 0.493 e. The summed E-state index contributed by atoms with van der Waals surface area (Å²) in [5.41, 5.74) is 1.45. The van der Waals surface area contributed by atoms with Crippen molar-refractivity contribution in [3.05, 3.63) is 77.9 Å². The van der Waals surface area contributed by atoms with Crippen LogP contribution in [0.4, 0.5) is 0 Å². The minimum absolute atomic E-state index is 0.213. The van der Waals surface area contributed by atoms with Gasteiger partial charge in [-0.15, -0.1) is 0 Å². The van der Waals surface area contributed by atoms with Crippen LogP contribution in [0.3, 0.4) is 0 Å². The first-order valence-electron chi connectivity index (χ1n) is 8.78. The summed E-state index contributed by atoms with van der Waals surface area (Å²) in [6.07, 6.45) is 3.58. The van der Waals surface area contributed by atoms with Crippen molar-refractivity contribution in [1.29, 1.82) is 0 Å². The van der Waals surface area contributed by atoms with Crippen molar-refractivity contribution in [3.63, 3.8) is 0 Å². The van der Waals surface area contributed by atoms with Gasteiger partial charge in [0.2, 0.25) is 0 Å². The number of carbonyl (C=O) groups is 1. The number of nitrogens with zero attached hydrogens (tertiary/aromatic N) is 2. The minimum Gasteiger partial charge on any atom is -0.493 e. The van der Waals surface area contributed by atoms with Crippen molar-refractivity contribution in [1.82, 2.24) is 14.9 Å². The Morgan fingerprint density at radius 1 is 1.19 bits per heavy atom. The normalized spacial score (nSPS) is 11.7. The Morgan fingerprint density at radius 3 is 2.59 bits per heavy atom. The van der Waals surface area contributed by atoms with Crippen molar-refractivity contribution in [3.8, 4) is 11.5 Å². The molecule has 0 aliphatic carbocycles. The Kier molecular flexibility index (Phi) is 5.76. The highest BCUT2D eigenvalue weighted by molar-refractivity contribution is 5.95. The maximum absolute atomic E-state index is 12.9. The molecule has 6 heteroatoms. The second kappa shape index (κ2) is 8.40. The molecule has 3 rings (SSSR count). The van der Waals surface area contributed by atoms with Crippen molar-refractivity contribution in [2.24, 2.45) is 7.05 Å². The number of methoxy groups -OCH3 is 1. The predicted octanol–water partition coefficient (Wildman–Crippen LogP) is 3.35. The zero-order valence-corrected chi connectivity index (χ0v) is 15.7. The number of nitrogens with one attached hydrogen (secondary N) is 1. The zero-order valence-electron chi connectivity index (χ0n) is 15.7. The van der Waals surface area contributed by atoms with Crippen LogP contribution in [-0.4, -0.2) is 29.2 Å². The highest BCUT2D eigenvalue weighted by atomic mass is 16.5. The van der Waals surface area contributed by atoms with E-state index < -0.39 is 0 Å². The summed E-state index contributed by atoms with van der Waals surface area (Å²) < 4.78 is 12.8. The van der Waals surface area contributed by atoms with E-state index in [1.807, 2.05) is 55.1 Å². The molecule has 1 aromatic heterocycles. The number of carbonyl (C=O) groups excluding carboxylic acids is 1. The second-order valence-electron chi connectivity index (χ2n) is 6.01. The van der Waals surface area contributed by atoms with Gasteiger partial charge in [-0.25, -0.2) is 4.98 Å². The van der Waals surface area contributed by atoms with E-state index in [-0.39, 0.29) is 11.9 Å². The number of benzene rings is 2. The lowest BCUT2D eigenvalue weighted by Crippen LogP contribution is -2.31. The van der Waals surface area contributed by atoms with Gasteiger partial charge in [0.25, 0.3) is 5.91 Å². The van der Waals surface area contributed by atoms with Crippen LogP contribution in [0, 0.1) is 0 Å². The van der Waals surface area contributed by atoms with E-state index in [4.69, 9.17) is 9.47 Å². The molecule has 1 N–H and O–H groups in total. The van der Waals surface area contributed by atoms with E-state index in [1.165, 1.54) is 0 Å². The Balaban J connectivity index is 1.91. The second-order valence-corrected chi connectivity index (χ2v) is 6.01. The molecule has 0 radical (unpaired) electrons. The third kappa shape index (κ3) is 4.11. The molecular formula is C21H23N3O3. The third-order valence-corrected chi connectivity index (χ3v) is 4.25. The van der Waals surface area contributed by atoms with Gasteiger partial charge in [-0.2, -0.15) is 0 Å². The molecule has 0 saturated carbocycles. The van der Waals surface area contributed by atoms with Gasteiger partial charge < -0.3 is 19.4 Å². The van der Waals surface area contributed by atoms with Crippen LogP contribution in [0.2, 0.25) is 0 Å². The molecule has 0 aliphatic heterocycles. The monoisotopic (exact) mass is 365 g/mol. The van der Waals surface area contributed by atoms with Crippen molar-refractivity contribution < 1.29 is 14.3 Å². The molecule has 3 aromatic rings. The smallest absolute Gasteiger partial charge is 0.252 e. The van der Waals surface area contributed by atoms with E-state index in [2.05, 4.69) is 10.3 Å². The maximum Gasteiger partial charge on any atom is 0.252 e. The Morgan fingerprint density at radius 2 is 1.96 bits per heavy atom. The van der Waals surface area contributed by atoms with Crippen LogP contribution < -0.4 is 14.8 Å². The highest BCUT2D eigenvalue weighted by Gasteiger charge is 2.22. The fourth-order valence-electron chi connectivity index (χ4n) is 2.90. The average molecular weight is 365 g/mol. The molecule has 27 heavy (non-hydrogen) atoms. The molecule has 2 aromatic carbocycles. The van der Waals surface area contributed by atoms with Gasteiger partial charge in [-0.3, -0.25) is 4.79 Å². The Bertz CT molecular complexity index is 906. The van der Waals surface area contributed by atoms with Gasteiger partial charge in [-0.1, -0.05) is 30.3 Å². The number of ether oxygens (including phenoxy) is 2. The van der Waals surface area contributed by atoms with Crippen LogP contribution in [0.15, 0.2) is 60.9 Å². The summed E-state index contributed by atoms with van der Waals surface area (Å²) in [7, 11) is 3.48. The summed E-state index contributed by atoms with van der Waals surface area (Å²) in [4.78, 5) is 17.4. The lowest BCUT2D eigenvalue weighted by Gasteiger charge is -2.19. The number of rotatable bonds is 7. The number of hydrogen-bond acceptors (Lipinski definition) is 4. The first-order chi connectivity index (χ1) is 13.1. The van der Waals surface area contributed by atoms with Gasteiger partial charge in [0.1, 0.15) is 11.9 Å². The van der Waals surface area contributed by atoms with Crippen molar-refractivity contribution in [2.75, 3.05) is 13.7 Å². The van der Waals surface area contributed by atoms with E-state index >= 15 is 0 Å². The first-order valence-corrected chi connectivity index (χ1v) is 8.78. The number of aryl methyl sites for hydroxylation is 1. The topological polar surface area (TPSA) is 65.4 Å². The molecule has 0 saturated heterocycles. The standard InChI is InChI=1S/C21H23N3O3/c1-4-27-18-14-16(10-11-17(18)26-3)21(25)23-19(15-8-6-5-7-9-15)20-22-12-13-24(20)2/h5-14,19H,4H2,1-3H3,(H,23,25)/t19-/m1/s1. The molecule has 1 heterocycles. The molecule has 0 aliphatic rings. The van der Waals surface area contributed by atoms with Gasteiger partial charge in [0.15, 0.2) is 11.5 Å². The van der Waals surface area contributed by atoms with Crippen LogP contribution in [0.25, 0.3) is 0 Å². The van der Waals surface area contributed by atoms with Crippen LogP contribution in [0.5, 0.6) is 11.5 Å². The van der Waals surface area contributed by atoms with E-state index in [1.54, 1.807) is 31.5 Å². The van der Waals surface area contributed by atoms with Crippen molar-refractivity contribution >= 4 is 5.91 Å². The van der Waals surface area contributed by atoms with Gasteiger partial charge >= 0.3 is 0 Å². The summed E-state index contributed by atoms with van der Waals surface area (Å²) >= 11 is 0. The van der Waals surface area contributed by atoms with Crippen LogP contribution >= 0.6 is 0 Å². The molecule has 1 amide bonds. The number of amides is 1. The van der Waals surface area contributed by atoms with E-state index in [0.717, 1.165) is 11.4 Å². The minimum atomic E-state index is -0.364. The van der Waals surface area contributed by atoms with E-state index in [9.17, 15) is 4.79 Å². The summed E-state index contributed by atoms with van der Waals surface area (Å²) in [6.45, 7) is 2.38. The summed E-state index contributed by atoms with van der Waals surface area (Å²) in [6, 6.07) is 14.6. The fourth-order valence-corrected chi connectivity index (χ4v) is 2.90. The predicted molar refractivity (Wildman–Crippen MR) is 103 cm³/mol. The molecular weight excluding hydrogens is 342 g/mol. The SMILES string of the molecule is CCOc1cc(C(=O)N[C@H](c2ccccc2)c2nccn2C)ccc1OC. The molecule has 0 spiro atoms. The van der Waals surface area contributed by atoms with E-state index in [0.29, 0.717) is 23.7 Å². The third-order valence-electron chi connectivity index (χ3n) is 4.25. The average Bonchev–Trinajstić information content (AvgIpc) is 3.12. The van der Waals surface area contributed by atoms with Gasteiger partial charge in [0, 0.05) is 25.0 Å². The number of hydrogen-bond donors (Lipinski definition) is 1. The lowest BCUT2D eigenvalue weighted by atomic mass is 10.1. The van der Waals surface area contributed by atoms with Crippen LogP contribution in [-0.2, 0) is 7.05 Å². The Hall–Kier alpha value is -3.28. The Labute approximate surface area is 158 Å². The number of imidazole rings is 1. The molecule has 0 unspecified atom stereocenters. The maximum atomic E-state index is 12.9. The lowest BCUT2D eigenvalue weighted by molar-refractivity contribution is 0.0940. The molecule has 1 atom stereocenters. The first kappa shape index (κ1) is 18.5. The molecule has 140 valence electrons. The van der Waals surface area contributed by atoms with Gasteiger partial charge in [0.05, 0.1) is 13.7 Å². The summed E-state index contributed by atoms with van der Waals surface area (Å²) in [5.74, 6) is 1.68. The fraction of sp³-hybridized carbons (Fsp3) is 0.238. The number of aromatic nitrogens is 2. The molecule has 0 bridgehead atoms. The summed E-state index contributed by atoms with van der Waals surface area (Å²) in [5, 5.41) is 3.08. The molecule has 0 fully saturated rings. The molecule has 6 nitrogen and oxygen atoms in total.